The number of carbonyl (C=O) groups excluding carboxylic acids is 2. The maximum absolute atomic E-state index is 13.1. The molecule has 1 heterocycles. The predicted molar refractivity (Wildman–Crippen MR) is 92.8 cm³/mol. The van der Waals surface area contributed by atoms with Gasteiger partial charge in [-0.25, -0.2) is 0 Å². The normalized spacial score (nSPS) is 12.6. The predicted octanol–water partition coefficient (Wildman–Crippen LogP) is 2.82. The molecule has 1 aliphatic rings. The molecule has 2 aromatic carbocycles. The second-order valence-corrected chi connectivity index (χ2v) is 6.16. The number of alkyl halides is 3. The number of benzene rings is 2. The van der Waals surface area contributed by atoms with Crippen LogP contribution in [0, 0.1) is 0 Å². The van der Waals surface area contributed by atoms with Crippen molar-refractivity contribution in [2.45, 2.75) is 12.7 Å². The standard InChI is InChI=1S/C19H17F3N2O4/c1-24(10-13-4-2-3-5-14(13)19(20,21)22)17(25)9-23-18(26)12-6-7-15-16(8-12)28-11-27-15/h2-8H,9-11H2,1H3,(H,23,26). The van der Waals surface area contributed by atoms with Gasteiger partial charge in [-0.05, 0) is 29.8 Å². The van der Waals surface area contributed by atoms with E-state index in [1.807, 2.05) is 0 Å². The van der Waals surface area contributed by atoms with E-state index in [1.54, 1.807) is 6.07 Å². The monoisotopic (exact) mass is 394 g/mol. The van der Waals surface area contributed by atoms with Gasteiger partial charge in [0.25, 0.3) is 5.91 Å². The van der Waals surface area contributed by atoms with Crippen LogP contribution in [0.4, 0.5) is 13.2 Å². The summed E-state index contributed by atoms with van der Waals surface area (Å²) in [5.41, 5.74) is -0.533. The summed E-state index contributed by atoms with van der Waals surface area (Å²) in [6, 6.07) is 9.65. The lowest BCUT2D eigenvalue weighted by molar-refractivity contribution is -0.139. The quantitative estimate of drug-likeness (QED) is 0.847. The zero-order chi connectivity index (χ0) is 20.3. The van der Waals surface area contributed by atoms with Gasteiger partial charge in [-0.3, -0.25) is 9.59 Å². The molecule has 0 spiro atoms. The minimum atomic E-state index is -4.51. The van der Waals surface area contributed by atoms with Crippen molar-refractivity contribution in [1.29, 1.82) is 0 Å². The van der Waals surface area contributed by atoms with Gasteiger partial charge in [-0.15, -0.1) is 0 Å². The third kappa shape index (κ3) is 4.36. The molecule has 0 bridgehead atoms. The molecule has 148 valence electrons. The van der Waals surface area contributed by atoms with E-state index in [0.29, 0.717) is 11.5 Å². The van der Waals surface area contributed by atoms with Crippen LogP contribution in [0.25, 0.3) is 0 Å². The number of likely N-dealkylation sites (N-methyl/N-ethyl adjacent to an activating group) is 1. The van der Waals surface area contributed by atoms with Crippen LogP contribution in [0.3, 0.4) is 0 Å². The average molecular weight is 394 g/mol. The minimum absolute atomic E-state index is 0.0204. The number of halogens is 3. The highest BCUT2D eigenvalue weighted by Crippen LogP contribution is 2.33. The van der Waals surface area contributed by atoms with Crippen molar-refractivity contribution in [3.63, 3.8) is 0 Å². The van der Waals surface area contributed by atoms with E-state index < -0.39 is 23.6 Å². The number of hydrogen-bond acceptors (Lipinski definition) is 4. The Morgan fingerprint density at radius 3 is 2.57 bits per heavy atom. The van der Waals surface area contributed by atoms with Crippen molar-refractivity contribution in [2.75, 3.05) is 20.4 Å². The molecular formula is C19H17F3N2O4. The summed E-state index contributed by atoms with van der Waals surface area (Å²) < 4.78 is 49.5. The van der Waals surface area contributed by atoms with E-state index >= 15 is 0 Å². The van der Waals surface area contributed by atoms with Crippen LogP contribution in [0.15, 0.2) is 42.5 Å². The van der Waals surface area contributed by atoms with Crippen molar-refractivity contribution in [2.24, 2.45) is 0 Å². The third-order valence-corrected chi connectivity index (χ3v) is 4.19. The second-order valence-electron chi connectivity index (χ2n) is 6.16. The molecular weight excluding hydrogens is 377 g/mol. The van der Waals surface area contributed by atoms with Gasteiger partial charge >= 0.3 is 6.18 Å². The zero-order valence-corrected chi connectivity index (χ0v) is 14.9. The molecule has 6 nitrogen and oxygen atoms in total. The first-order chi connectivity index (χ1) is 13.3. The number of hydrogen-bond donors (Lipinski definition) is 1. The van der Waals surface area contributed by atoms with E-state index in [0.717, 1.165) is 11.0 Å². The molecule has 0 unspecified atom stereocenters. The lowest BCUT2D eigenvalue weighted by Crippen LogP contribution is -2.38. The van der Waals surface area contributed by atoms with Crippen molar-refractivity contribution in [3.05, 3.63) is 59.2 Å². The zero-order valence-electron chi connectivity index (χ0n) is 14.9. The van der Waals surface area contributed by atoms with Gasteiger partial charge in [-0.2, -0.15) is 13.2 Å². The van der Waals surface area contributed by atoms with Gasteiger partial charge in [0.15, 0.2) is 11.5 Å². The summed E-state index contributed by atoms with van der Waals surface area (Å²) in [5, 5.41) is 2.45. The topological polar surface area (TPSA) is 67.9 Å². The molecule has 0 aliphatic carbocycles. The van der Waals surface area contributed by atoms with Crippen LogP contribution < -0.4 is 14.8 Å². The number of fused-ring (bicyclic) bond motifs is 1. The molecule has 0 atom stereocenters. The molecule has 9 heteroatoms. The summed E-state index contributed by atoms with van der Waals surface area (Å²) >= 11 is 0. The molecule has 0 radical (unpaired) electrons. The van der Waals surface area contributed by atoms with Gasteiger partial charge < -0.3 is 19.7 Å². The Bertz CT molecular complexity index is 899. The maximum Gasteiger partial charge on any atom is 0.416 e. The highest BCUT2D eigenvalue weighted by molar-refractivity contribution is 5.97. The molecule has 0 saturated carbocycles. The van der Waals surface area contributed by atoms with Gasteiger partial charge in [0.1, 0.15) is 0 Å². The largest absolute Gasteiger partial charge is 0.454 e. The van der Waals surface area contributed by atoms with Crippen LogP contribution in [-0.4, -0.2) is 37.1 Å². The van der Waals surface area contributed by atoms with E-state index in [9.17, 15) is 22.8 Å². The Kier molecular flexibility index (Phi) is 5.43. The highest BCUT2D eigenvalue weighted by atomic mass is 19.4. The van der Waals surface area contributed by atoms with Gasteiger partial charge in [0, 0.05) is 19.2 Å². The Morgan fingerprint density at radius 1 is 1.11 bits per heavy atom. The van der Waals surface area contributed by atoms with Crippen LogP contribution in [0.5, 0.6) is 11.5 Å². The number of rotatable bonds is 5. The summed E-state index contributed by atoms with van der Waals surface area (Å²) in [6.45, 7) is -0.505. The fourth-order valence-electron chi connectivity index (χ4n) is 2.71. The second kappa shape index (κ2) is 7.79. The first kappa shape index (κ1) is 19.5. The molecule has 0 saturated heterocycles. The van der Waals surface area contributed by atoms with Crippen LogP contribution >= 0.6 is 0 Å². The maximum atomic E-state index is 13.1. The minimum Gasteiger partial charge on any atom is -0.454 e. The Morgan fingerprint density at radius 2 is 1.82 bits per heavy atom. The molecule has 0 fully saturated rings. The Labute approximate surface area is 158 Å². The number of carbonyl (C=O) groups is 2. The van der Waals surface area contributed by atoms with Crippen molar-refractivity contribution in [1.82, 2.24) is 10.2 Å². The van der Waals surface area contributed by atoms with E-state index in [1.165, 1.54) is 37.4 Å². The van der Waals surface area contributed by atoms with Crippen LogP contribution in [0.2, 0.25) is 0 Å². The molecule has 2 amide bonds. The SMILES string of the molecule is CN(Cc1ccccc1C(F)(F)F)C(=O)CNC(=O)c1ccc2c(c1)OCO2. The number of ether oxygens (including phenoxy) is 2. The van der Waals surface area contributed by atoms with E-state index in [-0.39, 0.29) is 31.0 Å². The average Bonchev–Trinajstić information content (AvgIpc) is 3.13. The molecule has 0 aromatic heterocycles. The molecule has 1 aliphatic heterocycles. The summed E-state index contributed by atoms with van der Waals surface area (Å²) in [7, 11) is 1.38. The number of amides is 2. The summed E-state index contributed by atoms with van der Waals surface area (Å²) in [4.78, 5) is 25.5. The lowest BCUT2D eigenvalue weighted by Gasteiger charge is -2.20. The van der Waals surface area contributed by atoms with Crippen LogP contribution in [0.1, 0.15) is 21.5 Å². The van der Waals surface area contributed by atoms with Gasteiger partial charge in [-0.1, -0.05) is 18.2 Å². The van der Waals surface area contributed by atoms with E-state index in [2.05, 4.69) is 5.32 Å². The van der Waals surface area contributed by atoms with Crippen molar-refractivity contribution >= 4 is 11.8 Å². The molecule has 3 rings (SSSR count). The van der Waals surface area contributed by atoms with E-state index in [4.69, 9.17) is 9.47 Å². The Balaban J connectivity index is 1.59. The molecule has 1 N–H and O–H groups in total. The highest BCUT2D eigenvalue weighted by Gasteiger charge is 2.33. The lowest BCUT2D eigenvalue weighted by atomic mass is 10.1. The number of nitrogens with zero attached hydrogens (tertiary/aromatic N) is 1. The van der Waals surface area contributed by atoms with Gasteiger partial charge in [0.2, 0.25) is 12.7 Å². The molecule has 28 heavy (non-hydrogen) atoms. The van der Waals surface area contributed by atoms with Gasteiger partial charge in [0.05, 0.1) is 12.1 Å². The Hall–Kier alpha value is -3.23. The first-order valence-corrected chi connectivity index (χ1v) is 8.32. The molecule has 2 aromatic rings. The number of nitrogens with one attached hydrogen (secondary N) is 1. The summed E-state index contributed by atoms with van der Waals surface area (Å²) in [5.74, 6) is -0.0719. The third-order valence-electron chi connectivity index (χ3n) is 4.19. The van der Waals surface area contributed by atoms with Crippen molar-refractivity contribution < 1.29 is 32.2 Å². The smallest absolute Gasteiger partial charge is 0.416 e. The van der Waals surface area contributed by atoms with Crippen LogP contribution in [-0.2, 0) is 17.5 Å². The summed E-state index contributed by atoms with van der Waals surface area (Å²) in [6.07, 6.45) is -4.51. The fourth-order valence-corrected chi connectivity index (χ4v) is 2.71. The first-order valence-electron chi connectivity index (χ1n) is 8.32. The van der Waals surface area contributed by atoms with Crippen molar-refractivity contribution in [3.8, 4) is 11.5 Å². The fraction of sp³-hybridized carbons (Fsp3) is 0.263.